The molecule has 0 radical (unpaired) electrons. The average molecular weight is 202 g/mol. The number of ether oxygens (including phenoxy) is 1. The summed E-state index contributed by atoms with van der Waals surface area (Å²) in [6.45, 7) is 8.50. The van der Waals surface area contributed by atoms with Gasteiger partial charge in [0.1, 0.15) is 6.61 Å². The molecule has 0 aromatic heterocycles. The first-order valence-corrected chi connectivity index (χ1v) is 5.28. The molecule has 0 aliphatic rings. The van der Waals surface area contributed by atoms with Crippen molar-refractivity contribution in [1.29, 1.82) is 0 Å². The Kier molecular flexibility index (Phi) is 8.57. The highest BCUT2D eigenvalue weighted by molar-refractivity contribution is 5.77. The lowest BCUT2D eigenvalue weighted by Crippen LogP contribution is -2.40. The van der Waals surface area contributed by atoms with E-state index in [0.717, 1.165) is 13.0 Å². The fourth-order valence-electron chi connectivity index (χ4n) is 1.05. The van der Waals surface area contributed by atoms with Gasteiger partial charge in [0, 0.05) is 19.2 Å². The van der Waals surface area contributed by atoms with Crippen LogP contribution in [0.1, 0.15) is 27.2 Å². The fraction of sp³-hybridized carbons (Fsp3) is 0.900. The van der Waals surface area contributed by atoms with Crippen molar-refractivity contribution in [2.24, 2.45) is 0 Å². The summed E-state index contributed by atoms with van der Waals surface area (Å²) in [6, 6.07) is 0.315. The van der Waals surface area contributed by atoms with E-state index in [1.165, 1.54) is 0 Å². The van der Waals surface area contributed by atoms with E-state index in [4.69, 9.17) is 4.74 Å². The monoisotopic (exact) mass is 202 g/mol. The Bertz CT molecular complexity index is 151. The van der Waals surface area contributed by atoms with Crippen molar-refractivity contribution in [3.8, 4) is 0 Å². The Hall–Kier alpha value is -0.610. The van der Waals surface area contributed by atoms with Crippen LogP contribution in [0.25, 0.3) is 0 Å². The largest absolute Gasteiger partial charge is 0.372 e. The zero-order valence-electron chi connectivity index (χ0n) is 9.43. The van der Waals surface area contributed by atoms with Crippen molar-refractivity contribution >= 4 is 5.91 Å². The Morgan fingerprint density at radius 1 is 1.43 bits per heavy atom. The van der Waals surface area contributed by atoms with Crippen molar-refractivity contribution in [1.82, 2.24) is 10.6 Å². The molecule has 1 atom stereocenters. The molecule has 0 heterocycles. The summed E-state index contributed by atoms with van der Waals surface area (Å²) >= 11 is 0. The molecule has 4 heteroatoms. The summed E-state index contributed by atoms with van der Waals surface area (Å²) in [4.78, 5) is 11.2. The zero-order chi connectivity index (χ0) is 10.8. The molecule has 1 amide bonds. The summed E-state index contributed by atoms with van der Waals surface area (Å²) in [5.74, 6) is -0.0387. The molecule has 0 fully saturated rings. The van der Waals surface area contributed by atoms with E-state index in [9.17, 15) is 4.79 Å². The molecular formula is C10H22N2O2. The molecule has 2 N–H and O–H groups in total. The number of hydrogen-bond acceptors (Lipinski definition) is 3. The first-order valence-electron chi connectivity index (χ1n) is 5.28. The molecule has 0 aromatic rings. The normalized spacial score (nSPS) is 12.5. The second-order valence-corrected chi connectivity index (χ2v) is 3.32. The van der Waals surface area contributed by atoms with Crippen LogP contribution < -0.4 is 10.6 Å². The first kappa shape index (κ1) is 13.4. The molecule has 0 rings (SSSR count). The van der Waals surface area contributed by atoms with Gasteiger partial charge in [0.05, 0.1) is 0 Å². The van der Waals surface area contributed by atoms with Crippen LogP contribution in [-0.2, 0) is 9.53 Å². The van der Waals surface area contributed by atoms with Gasteiger partial charge in [0.2, 0.25) is 5.91 Å². The summed E-state index contributed by atoms with van der Waals surface area (Å²) in [5, 5.41) is 6.01. The maximum atomic E-state index is 11.2. The van der Waals surface area contributed by atoms with Gasteiger partial charge in [-0.1, -0.05) is 13.8 Å². The predicted octanol–water partition coefficient (Wildman–Crippen LogP) is 0.527. The van der Waals surface area contributed by atoms with Gasteiger partial charge in [-0.05, 0) is 19.9 Å². The van der Waals surface area contributed by atoms with E-state index in [-0.39, 0.29) is 12.5 Å². The lowest BCUT2D eigenvalue weighted by Gasteiger charge is -2.13. The van der Waals surface area contributed by atoms with Gasteiger partial charge in [-0.2, -0.15) is 0 Å². The number of carbonyl (C=O) groups excluding carboxylic acids is 1. The van der Waals surface area contributed by atoms with Crippen LogP contribution in [0.15, 0.2) is 0 Å². The minimum Gasteiger partial charge on any atom is -0.372 e. The van der Waals surface area contributed by atoms with Crippen LogP contribution in [0.3, 0.4) is 0 Å². The van der Waals surface area contributed by atoms with E-state index in [2.05, 4.69) is 10.6 Å². The van der Waals surface area contributed by atoms with E-state index in [0.29, 0.717) is 19.2 Å². The van der Waals surface area contributed by atoms with Crippen LogP contribution in [0, 0.1) is 0 Å². The Morgan fingerprint density at radius 3 is 2.71 bits per heavy atom. The maximum absolute atomic E-state index is 11.2. The van der Waals surface area contributed by atoms with Gasteiger partial charge in [0.25, 0.3) is 0 Å². The van der Waals surface area contributed by atoms with Gasteiger partial charge in [-0.3, -0.25) is 4.79 Å². The Balaban J connectivity index is 3.34. The van der Waals surface area contributed by atoms with Crippen molar-refractivity contribution < 1.29 is 9.53 Å². The highest BCUT2D eigenvalue weighted by atomic mass is 16.5. The number of carbonyl (C=O) groups is 1. The highest BCUT2D eigenvalue weighted by Crippen LogP contribution is 1.81. The van der Waals surface area contributed by atoms with E-state index >= 15 is 0 Å². The van der Waals surface area contributed by atoms with Gasteiger partial charge in [-0.25, -0.2) is 0 Å². The fourth-order valence-corrected chi connectivity index (χ4v) is 1.05. The number of likely N-dealkylation sites (N-methyl/N-ethyl adjacent to an activating group) is 1. The summed E-state index contributed by atoms with van der Waals surface area (Å²) < 4.78 is 5.10. The maximum Gasteiger partial charge on any atom is 0.246 e. The summed E-state index contributed by atoms with van der Waals surface area (Å²) in [6.07, 6.45) is 0.946. The molecule has 0 saturated heterocycles. The topological polar surface area (TPSA) is 50.4 Å². The second kappa shape index (κ2) is 8.97. The molecule has 0 aliphatic carbocycles. The smallest absolute Gasteiger partial charge is 0.246 e. The minimum absolute atomic E-state index is 0.0387. The number of rotatable bonds is 8. The third kappa shape index (κ3) is 8.01. The van der Waals surface area contributed by atoms with Crippen LogP contribution >= 0.6 is 0 Å². The quantitative estimate of drug-likeness (QED) is 0.564. The molecule has 0 aliphatic heterocycles. The second-order valence-electron chi connectivity index (χ2n) is 3.32. The van der Waals surface area contributed by atoms with Crippen molar-refractivity contribution in [3.63, 3.8) is 0 Å². The number of amides is 1. The van der Waals surface area contributed by atoms with E-state index in [1.807, 2.05) is 20.8 Å². The van der Waals surface area contributed by atoms with Gasteiger partial charge in [0.15, 0.2) is 0 Å². The van der Waals surface area contributed by atoms with Crippen molar-refractivity contribution in [3.05, 3.63) is 0 Å². The van der Waals surface area contributed by atoms with Crippen LogP contribution in [0.4, 0.5) is 0 Å². The van der Waals surface area contributed by atoms with Gasteiger partial charge in [-0.15, -0.1) is 0 Å². The average Bonchev–Trinajstić information content (AvgIpc) is 2.16. The van der Waals surface area contributed by atoms with Crippen LogP contribution in [-0.4, -0.2) is 38.3 Å². The van der Waals surface area contributed by atoms with Crippen LogP contribution in [0.2, 0.25) is 0 Å². The summed E-state index contributed by atoms with van der Waals surface area (Å²) in [7, 11) is 0. The van der Waals surface area contributed by atoms with Crippen molar-refractivity contribution in [2.45, 2.75) is 33.2 Å². The molecule has 0 saturated carbocycles. The lowest BCUT2D eigenvalue weighted by atomic mass is 10.3. The third-order valence-corrected chi connectivity index (χ3v) is 1.74. The molecular weight excluding hydrogens is 180 g/mol. The van der Waals surface area contributed by atoms with Gasteiger partial charge < -0.3 is 15.4 Å². The van der Waals surface area contributed by atoms with Crippen LogP contribution in [0.5, 0.6) is 0 Å². The SMILES string of the molecule is CCCOCC(=O)NC[C@@H](C)NCC. The summed E-state index contributed by atoms with van der Waals surface area (Å²) in [5.41, 5.74) is 0. The standard InChI is InChI=1S/C10H22N2O2/c1-4-6-14-8-10(13)12-7-9(3)11-5-2/h9,11H,4-8H2,1-3H3,(H,12,13)/t9-/m1/s1. The van der Waals surface area contributed by atoms with E-state index in [1.54, 1.807) is 0 Å². The number of nitrogens with one attached hydrogen (secondary N) is 2. The molecule has 0 bridgehead atoms. The van der Waals surface area contributed by atoms with Gasteiger partial charge >= 0.3 is 0 Å². The highest BCUT2D eigenvalue weighted by Gasteiger charge is 2.03. The molecule has 0 unspecified atom stereocenters. The molecule has 0 spiro atoms. The lowest BCUT2D eigenvalue weighted by molar-refractivity contribution is -0.125. The van der Waals surface area contributed by atoms with E-state index < -0.39 is 0 Å². The Morgan fingerprint density at radius 2 is 2.14 bits per heavy atom. The molecule has 4 nitrogen and oxygen atoms in total. The van der Waals surface area contributed by atoms with Crippen molar-refractivity contribution in [2.75, 3.05) is 26.3 Å². The predicted molar refractivity (Wildman–Crippen MR) is 57.3 cm³/mol. The molecule has 14 heavy (non-hydrogen) atoms. The molecule has 0 aromatic carbocycles. The third-order valence-electron chi connectivity index (χ3n) is 1.74. The first-order chi connectivity index (χ1) is 6.70. The Labute approximate surface area is 86.4 Å². The number of hydrogen-bond donors (Lipinski definition) is 2. The minimum atomic E-state index is -0.0387. The molecule has 84 valence electrons. The zero-order valence-corrected chi connectivity index (χ0v) is 9.43.